The van der Waals surface area contributed by atoms with Crippen LogP contribution >= 0.6 is 0 Å². The summed E-state index contributed by atoms with van der Waals surface area (Å²) in [5, 5.41) is 9.02. The van der Waals surface area contributed by atoms with Crippen molar-refractivity contribution in [2.75, 3.05) is 13.7 Å². The number of ether oxygens (including phenoxy) is 1. The number of likely N-dealkylation sites (tertiary alicyclic amines) is 1. The van der Waals surface area contributed by atoms with E-state index < -0.39 is 12.1 Å². The Kier molecular flexibility index (Phi) is 3.50. The SMILES string of the molecule is COc1ccc(C(=O)[C@@H]2CCCN2C(=O)O)cc1. The van der Waals surface area contributed by atoms with E-state index in [9.17, 15) is 9.59 Å². The fraction of sp³-hybridized carbons (Fsp3) is 0.385. The molecule has 0 radical (unpaired) electrons. The lowest BCUT2D eigenvalue weighted by Gasteiger charge is -2.20. The van der Waals surface area contributed by atoms with Gasteiger partial charge in [0, 0.05) is 12.1 Å². The molecule has 1 atom stereocenters. The monoisotopic (exact) mass is 249 g/mol. The zero-order valence-electron chi connectivity index (χ0n) is 10.1. The topological polar surface area (TPSA) is 66.8 Å². The lowest BCUT2D eigenvalue weighted by atomic mass is 10.0. The predicted octanol–water partition coefficient (Wildman–Crippen LogP) is 2.02. The molecule has 1 aliphatic rings. The molecule has 1 aromatic rings. The minimum atomic E-state index is -1.03. The van der Waals surface area contributed by atoms with Crippen LogP contribution in [0.2, 0.25) is 0 Å². The Morgan fingerprint density at radius 2 is 2.00 bits per heavy atom. The highest BCUT2D eigenvalue weighted by atomic mass is 16.5. The maximum atomic E-state index is 12.2. The molecule has 0 bridgehead atoms. The number of Topliss-reactive ketones (excluding diaryl/α,β-unsaturated/α-hetero) is 1. The van der Waals surface area contributed by atoms with Gasteiger partial charge in [0.1, 0.15) is 5.75 Å². The summed E-state index contributed by atoms with van der Waals surface area (Å²) >= 11 is 0. The second-order valence-electron chi connectivity index (χ2n) is 4.23. The van der Waals surface area contributed by atoms with Crippen LogP contribution in [0.15, 0.2) is 24.3 Å². The molecular formula is C13H15NO4. The molecule has 0 unspecified atom stereocenters. The van der Waals surface area contributed by atoms with Gasteiger partial charge >= 0.3 is 6.09 Å². The molecule has 5 heteroatoms. The van der Waals surface area contributed by atoms with Crippen molar-refractivity contribution in [2.45, 2.75) is 18.9 Å². The molecule has 5 nitrogen and oxygen atoms in total. The van der Waals surface area contributed by atoms with Gasteiger partial charge in [-0.2, -0.15) is 0 Å². The second kappa shape index (κ2) is 5.08. The van der Waals surface area contributed by atoms with Crippen LogP contribution < -0.4 is 4.74 Å². The Hall–Kier alpha value is -2.04. The number of nitrogens with zero attached hydrogens (tertiary/aromatic N) is 1. The summed E-state index contributed by atoms with van der Waals surface area (Å²) in [5.41, 5.74) is 0.522. The van der Waals surface area contributed by atoms with E-state index in [2.05, 4.69) is 0 Å². The van der Waals surface area contributed by atoms with Gasteiger partial charge in [-0.25, -0.2) is 4.79 Å². The summed E-state index contributed by atoms with van der Waals surface area (Å²) in [6, 6.07) is 6.19. The molecule has 1 heterocycles. The molecule has 96 valence electrons. The fourth-order valence-corrected chi connectivity index (χ4v) is 2.22. The van der Waals surface area contributed by atoms with Crippen molar-refractivity contribution in [1.82, 2.24) is 4.90 Å². The van der Waals surface area contributed by atoms with E-state index in [-0.39, 0.29) is 5.78 Å². The molecule has 2 rings (SSSR count). The van der Waals surface area contributed by atoms with E-state index in [1.54, 1.807) is 31.4 Å². The van der Waals surface area contributed by atoms with Crippen LogP contribution in [0.5, 0.6) is 5.75 Å². The van der Waals surface area contributed by atoms with Crippen molar-refractivity contribution in [2.24, 2.45) is 0 Å². The lowest BCUT2D eigenvalue weighted by Crippen LogP contribution is -2.39. The van der Waals surface area contributed by atoms with Gasteiger partial charge in [-0.1, -0.05) is 0 Å². The van der Waals surface area contributed by atoms with Gasteiger partial charge in [0.15, 0.2) is 5.78 Å². The van der Waals surface area contributed by atoms with Gasteiger partial charge in [-0.3, -0.25) is 9.69 Å². The Morgan fingerprint density at radius 1 is 1.33 bits per heavy atom. The Bertz CT molecular complexity index is 455. The first kappa shape index (κ1) is 12.4. The first-order valence-electron chi connectivity index (χ1n) is 5.81. The van der Waals surface area contributed by atoms with E-state index in [1.165, 1.54) is 4.90 Å². The molecule has 1 amide bonds. The van der Waals surface area contributed by atoms with E-state index >= 15 is 0 Å². The van der Waals surface area contributed by atoms with E-state index in [4.69, 9.17) is 9.84 Å². The third-order valence-corrected chi connectivity index (χ3v) is 3.18. The molecule has 1 N–H and O–H groups in total. The highest BCUT2D eigenvalue weighted by Gasteiger charge is 2.34. The Balaban J connectivity index is 2.17. The second-order valence-corrected chi connectivity index (χ2v) is 4.23. The summed E-state index contributed by atoms with van der Waals surface area (Å²) in [7, 11) is 1.56. The number of rotatable bonds is 3. The number of methoxy groups -OCH3 is 1. The maximum absolute atomic E-state index is 12.2. The van der Waals surface area contributed by atoms with Crippen LogP contribution in [0.25, 0.3) is 0 Å². The number of benzene rings is 1. The van der Waals surface area contributed by atoms with Crippen LogP contribution in [0.3, 0.4) is 0 Å². The van der Waals surface area contributed by atoms with Crippen LogP contribution in [0.1, 0.15) is 23.2 Å². The van der Waals surface area contributed by atoms with E-state index in [0.29, 0.717) is 24.3 Å². The third-order valence-electron chi connectivity index (χ3n) is 3.18. The molecule has 0 aromatic heterocycles. The molecule has 18 heavy (non-hydrogen) atoms. The van der Waals surface area contributed by atoms with Crippen molar-refractivity contribution in [3.63, 3.8) is 0 Å². The number of ketones is 1. The van der Waals surface area contributed by atoms with Crippen molar-refractivity contribution in [1.29, 1.82) is 0 Å². The number of amides is 1. The highest BCUT2D eigenvalue weighted by molar-refractivity contribution is 6.01. The molecular weight excluding hydrogens is 234 g/mol. The lowest BCUT2D eigenvalue weighted by molar-refractivity contribution is 0.0845. The molecule has 0 aliphatic carbocycles. The van der Waals surface area contributed by atoms with Crippen molar-refractivity contribution >= 4 is 11.9 Å². The fourth-order valence-electron chi connectivity index (χ4n) is 2.22. The maximum Gasteiger partial charge on any atom is 0.407 e. The average Bonchev–Trinajstić information content (AvgIpc) is 2.87. The minimum absolute atomic E-state index is 0.141. The van der Waals surface area contributed by atoms with Gasteiger partial charge < -0.3 is 9.84 Å². The first-order chi connectivity index (χ1) is 8.63. The first-order valence-corrected chi connectivity index (χ1v) is 5.81. The molecule has 0 spiro atoms. The highest BCUT2D eigenvalue weighted by Crippen LogP contribution is 2.22. The minimum Gasteiger partial charge on any atom is -0.497 e. The average molecular weight is 249 g/mol. The number of hydrogen-bond acceptors (Lipinski definition) is 3. The summed E-state index contributed by atoms with van der Waals surface area (Å²) in [6.07, 6.45) is 0.301. The molecule has 1 saturated heterocycles. The van der Waals surface area contributed by atoms with Crippen molar-refractivity contribution in [3.8, 4) is 5.75 Å². The van der Waals surface area contributed by atoms with Crippen LogP contribution in [-0.2, 0) is 0 Å². The van der Waals surface area contributed by atoms with Gasteiger partial charge in [0.05, 0.1) is 13.2 Å². The predicted molar refractivity (Wildman–Crippen MR) is 65.1 cm³/mol. The van der Waals surface area contributed by atoms with Gasteiger partial charge in [0.25, 0.3) is 0 Å². The third kappa shape index (κ3) is 2.30. The summed E-state index contributed by atoms with van der Waals surface area (Å²) in [4.78, 5) is 24.4. The Labute approximate surface area is 105 Å². The number of carboxylic acid groups (broad SMARTS) is 1. The molecule has 1 aliphatic heterocycles. The number of carbonyl (C=O) groups excluding carboxylic acids is 1. The Morgan fingerprint density at radius 3 is 2.56 bits per heavy atom. The molecule has 1 fully saturated rings. The zero-order chi connectivity index (χ0) is 13.1. The normalized spacial score (nSPS) is 18.7. The summed E-state index contributed by atoms with van der Waals surface area (Å²) < 4.78 is 5.02. The largest absolute Gasteiger partial charge is 0.497 e. The van der Waals surface area contributed by atoms with Gasteiger partial charge in [-0.05, 0) is 37.1 Å². The van der Waals surface area contributed by atoms with Crippen LogP contribution in [0, 0.1) is 0 Å². The van der Waals surface area contributed by atoms with Gasteiger partial charge in [0.2, 0.25) is 0 Å². The standard InChI is InChI=1S/C13H15NO4/c1-18-10-6-4-9(5-7-10)12(15)11-3-2-8-14(11)13(16)17/h4-7,11H,2-3,8H2,1H3,(H,16,17)/t11-/m0/s1. The summed E-state index contributed by atoms with van der Waals surface area (Å²) in [6.45, 7) is 0.432. The zero-order valence-corrected chi connectivity index (χ0v) is 10.1. The van der Waals surface area contributed by atoms with Crippen molar-refractivity contribution < 1.29 is 19.4 Å². The van der Waals surface area contributed by atoms with Crippen LogP contribution in [0.4, 0.5) is 4.79 Å². The smallest absolute Gasteiger partial charge is 0.407 e. The quantitative estimate of drug-likeness (QED) is 0.832. The number of hydrogen-bond donors (Lipinski definition) is 1. The molecule has 0 saturated carbocycles. The molecule has 1 aromatic carbocycles. The van der Waals surface area contributed by atoms with Crippen LogP contribution in [-0.4, -0.2) is 41.6 Å². The number of carbonyl (C=O) groups is 2. The van der Waals surface area contributed by atoms with Crippen molar-refractivity contribution in [3.05, 3.63) is 29.8 Å². The van der Waals surface area contributed by atoms with E-state index in [0.717, 1.165) is 6.42 Å². The summed E-state index contributed by atoms with van der Waals surface area (Å²) in [5.74, 6) is 0.533. The van der Waals surface area contributed by atoms with E-state index in [1.807, 2.05) is 0 Å². The van der Waals surface area contributed by atoms with Gasteiger partial charge in [-0.15, -0.1) is 0 Å².